The summed E-state index contributed by atoms with van der Waals surface area (Å²) in [6.07, 6.45) is 7.62. The Morgan fingerprint density at radius 1 is 0.903 bits per heavy atom. The van der Waals surface area contributed by atoms with Crippen LogP contribution in [0.2, 0.25) is 5.04 Å². The molecule has 0 saturated carbocycles. The first kappa shape index (κ1) is 25.5. The average molecular weight is 441 g/mol. The summed E-state index contributed by atoms with van der Waals surface area (Å²) in [4.78, 5) is 0. The Morgan fingerprint density at radius 3 is 1.87 bits per heavy atom. The lowest BCUT2D eigenvalue weighted by Gasteiger charge is -2.45. The summed E-state index contributed by atoms with van der Waals surface area (Å²) in [6, 6.07) is 21.6. The van der Waals surface area contributed by atoms with E-state index in [-0.39, 0.29) is 23.9 Å². The molecule has 0 fully saturated rings. The van der Waals surface area contributed by atoms with Gasteiger partial charge in [0.05, 0.1) is 12.7 Å². The molecule has 0 aliphatic heterocycles. The molecule has 4 heteroatoms. The molecule has 1 N–H and O–H groups in total. The van der Waals surface area contributed by atoms with Gasteiger partial charge in [0.25, 0.3) is 8.32 Å². The lowest BCUT2D eigenvalue weighted by atomic mass is 10.0. The van der Waals surface area contributed by atoms with Gasteiger partial charge in [-0.25, -0.2) is 0 Å². The van der Waals surface area contributed by atoms with Gasteiger partial charge in [-0.05, 0) is 34.7 Å². The highest BCUT2D eigenvalue weighted by Crippen LogP contribution is 2.38. The molecular formula is C27H40O3Si. The van der Waals surface area contributed by atoms with Crippen LogP contribution in [0.3, 0.4) is 0 Å². The predicted molar refractivity (Wildman–Crippen MR) is 134 cm³/mol. The maximum Gasteiger partial charge on any atom is 0.261 e. The molecule has 0 aliphatic rings. The first-order chi connectivity index (χ1) is 14.9. The maximum atomic E-state index is 9.07. The van der Waals surface area contributed by atoms with Gasteiger partial charge in [0, 0.05) is 13.2 Å². The number of hydrogen-bond acceptors (Lipinski definition) is 3. The van der Waals surface area contributed by atoms with Crippen molar-refractivity contribution in [1.29, 1.82) is 0 Å². The van der Waals surface area contributed by atoms with Gasteiger partial charge < -0.3 is 14.3 Å². The smallest absolute Gasteiger partial charge is 0.261 e. The van der Waals surface area contributed by atoms with Crippen molar-refractivity contribution in [2.45, 2.75) is 70.6 Å². The number of aliphatic hydroxyl groups excluding tert-OH is 1. The first-order valence-electron chi connectivity index (χ1n) is 11.5. The Bertz CT molecular complexity index is 729. The van der Waals surface area contributed by atoms with Crippen molar-refractivity contribution in [3.05, 3.63) is 72.8 Å². The zero-order chi connectivity index (χ0) is 22.7. The van der Waals surface area contributed by atoms with Crippen LogP contribution in [0.5, 0.6) is 0 Å². The summed E-state index contributed by atoms with van der Waals surface area (Å²) < 4.78 is 13.1. The molecule has 0 aliphatic carbocycles. The Labute approximate surface area is 190 Å². The van der Waals surface area contributed by atoms with E-state index in [4.69, 9.17) is 14.3 Å². The molecule has 0 aromatic heterocycles. The molecule has 0 amide bonds. The highest BCUT2D eigenvalue weighted by molar-refractivity contribution is 6.99. The molecule has 2 atom stereocenters. The molecule has 0 radical (unpaired) electrons. The fourth-order valence-electron chi connectivity index (χ4n) is 4.39. The van der Waals surface area contributed by atoms with Crippen LogP contribution < -0.4 is 10.4 Å². The summed E-state index contributed by atoms with van der Waals surface area (Å²) in [6.45, 7) is 9.24. The zero-order valence-corrected chi connectivity index (χ0v) is 20.9. The van der Waals surface area contributed by atoms with Gasteiger partial charge in [-0.2, -0.15) is 0 Å². The highest BCUT2D eigenvalue weighted by Gasteiger charge is 2.51. The van der Waals surface area contributed by atoms with Crippen molar-refractivity contribution in [2.75, 3.05) is 13.7 Å². The lowest BCUT2D eigenvalue weighted by Crippen LogP contribution is -2.67. The van der Waals surface area contributed by atoms with Gasteiger partial charge in [0.2, 0.25) is 0 Å². The van der Waals surface area contributed by atoms with E-state index in [0.717, 1.165) is 25.7 Å². The second kappa shape index (κ2) is 12.3. The third-order valence-electron chi connectivity index (χ3n) is 5.90. The minimum absolute atomic E-state index is 0.0406. The standard InChI is InChI=1S/C27H40O3Si/c1-6-15-24(22-23(29-5)16-13-14-21-28)30-31(27(2,3)4,25-17-9-7-10-18-25)26-19-11-8-12-20-26/h7-14,17-20,23-24,28H,6,15-16,21-22H2,1-5H3/b14-13+/t23-,24-/m0/s1. The molecule has 0 saturated heterocycles. The van der Waals surface area contributed by atoms with Crippen LogP contribution in [0.15, 0.2) is 72.8 Å². The van der Waals surface area contributed by atoms with Crippen LogP contribution >= 0.6 is 0 Å². The van der Waals surface area contributed by atoms with E-state index in [2.05, 4.69) is 88.4 Å². The Balaban J connectivity index is 2.50. The van der Waals surface area contributed by atoms with Crippen LogP contribution in [0, 0.1) is 0 Å². The number of methoxy groups -OCH3 is 1. The SMILES string of the molecule is CCC[C@@H](C[C@H](C/C=C/CO)OC)O[Si](c1ccccc1)(c1ccccc1)C(C)(C)C. The summed E-state index contributed by atoms with van der Waals surface area (Å²) in [5.41, 5.74) is 0. The number of hydrogen-bond donors (Lipinski definition) is 1. The van der Waals surface area contributed by atoms with Crippen LogP contribution in [-0.2, 0) is 9.16 Å². The van der Waals surface area contributed by atoms with Crippen LogP contribution in [-0.4, -0.2) is 39.3 Å². The summed E-state index contributed by atoms with van der Waals surface area (Å²) in [5.74, 6) is 0. The van der Waals surface area contributed by atoms with Crippen molar-refractivity contribution in [3.63, 3.8) is 0 Å². The van der Waals surface area contributed by atoms with Gasteiger partial charge in [-0.15, -0.1) is 0 Å². The largest absolute Gasteiger partial charge is 0.404 e. The summed E-state index contributed by atoms with van der Waals surface area (Å²) in [7, 11) is -0.814. The van der Waals surface area contributed by atoms with E-state index < -0.39 is 8.32 Å². The van der Waals surface area contributed by atoms with Crippen LogP contribution in [0.1, 0.15) is 53.4 Å². The topological polar surface area (TPSA) is 38.7 Å². The van der Waals surface area contributed by atoms with E-state index in [9.17, 15) is 0 Å². The number of aliphatic hydroxyl groups is 1. The molecule has 2 aromatic rings. The second-order valence-corrected chi connectivity index (χ2v) is 13.4. The quantitative estimate of drug-likeness (QED) is 0.370. The van der Waals surface area contributed by atoms with Gasteiger partial charge in [-0.3, -0.25) is 0 Å². The number of rotatable bonds is 12. The average Bonchev–Trinajstić information content (AvgIpc) is 2.77. The lowest BCUT2D eigenvalue weighted by molar-refractivity contribution is 0.0495. The molecule has 0 heterocycles. The molecule has 3 nitrogen and oxygen atoms in total. The van der Waals surface area contributed by atoms with Crippen molar-refractivity contribution in [1.82, 2.24) is 0 Å². The Hall–Kier alpha value is -1.72. The van der Waals surface area contributed by atoms with Gasteiger partial charge in [0.1, 0.15) is 0 Å². The van der Waals surface area contributed by atoms with E-state index in [1.165, 1.54) is 10.4 Å². The molecule has 31 heavy (non-hydrogen) atoms. The van der Waals surface area contributed by atoms with E-state index >= 15 is 0 Å². The summed E-state index contributed by atoms with van der Waals surface area (Å²) in [5, 5.41) is 11.6. The normalized spacial score (nSPS) is 14.6. The second-order valence-electron chi connectivity index (χ2n) is 9.17. The number of ether oxygens (including phenoxy) is 1. The van der Waals surface area contributed by atoms with E-state index in [0.29, 0.717) is 0 Å². The first-order valence-corrected chi connectivity index (χ1v) is 13.4. The highest BCUT2D eigenvalue weighted by atomic mass is 28.4. The van der Waals surface area contributed by atoms with Crippen molar-refractivity contribution in [3.8, 4) is 0 Å². The third kappa shape index (κ3) is 6.63. The molecule has 0 bridgehead atoms. The molecular weight excluding hydrogens is 400 g/mol. The Morgan fingerprint density at radius 2 is 1.45 bits per heavy atom. The summed E-state index contributed by atoms with van der Waals surface area (Å²) >= 11 is 0. The fourth-order valence-corrected chi connectivity index (χ4v) is 9.12. The molecule has 0 unspecified atom stereocenters. The maximum absolute atomic E-state index is 9.07. The van der Waals surface area contributed by atoms with Gasteiger partial charge in [0.15, 0.2) is 0 Å². The van der Waals surface area contributed by atoms with Crippen LogP contribution in [0.25, 0.3) is 0 Å². The minimum atomic E-state index is -2.58. The zero-order valence-electron chi connectivity index (χ0n) is 19.9. The van der Waals surface area contributed by atoms with Crippen molar-refractivity contribution < 1.29 is 14.3 Å². The molecule has 0 spiro atoms. The van der Waals surface area contributed by atoms with Gasteiger partial charge in [-0.1, -0.05) is 107 Å². The van der Waals surface area contributed by atoms with E-state index in [1.807, 2.05) is 6.08 Å². The van der Waals surface area contributed by atoms with E-state index in [1.54, 1.807) is 13.2 Å². The monoisotopic (exact) mass is 440 g/mol. The fraction of sp³-hybridized carbons (Fsp3) is 0.481. The van der Waals surface area contributed by atoms with Crippen LogP contribution in [0.4, 0.5) is 0 Å². The van der Waals surface area contributed by atoms with Crippen molar-refractivity contribution in [2.24, 2.45) is 0 Å². The minimum Gasteiger partial charge on any atom is -0.404 e. The van der Waals surface area contributed by atoms with Crippen molar-refractivity contribution >= 4 is 18.7 Å². The molecule has 170 valence electrons. The van der Waals surface area contributed by atoms with Gasteiger partial charge >= 0.3 is 0 Å². The Kier molecular flexibility index (Phi) is 10.2. The molecule has 2 aromatic carbocycles. The third-order valence-corrected chi connectivity index (χ3v) is 11.0. The number of benzene rings is 2. The molecule has 2 rings (SSSR count). The predicted octanol–water partition coefficient (Wildman–Crippen LogP) is 5.08.